The Morgan fingerprint density at radius 3 is 2.75 bits per heavy atom. The van der Waals surface area contributed by atoms with Crippen molar-refractivity contribution in [3.05, 3.63) is 48.2 Å². The summed E-state index contributed by atoms with van der Waals surface area (Å²) in [5.41, 5.74) is 2.01. The molecule has 122 valence electrons. The van der Waals surface area contributed by atoms with Crippen molar-refractivity contribution >= 4 is 22.5 Å². The molecule has 1 aromatic heterocycles. The van der Waals surface area contributed by atoms with Crippen LogP contribution < -0.4 is 19.5 Å². The second-order valence-electron chi connectivity index (χ2n) is 5.45. The monoisotopic (exact) mass is 324 g/mol. The van der Waals surface area contributed by atoms with Crippen LogP contribution >= 0.6 is 0 Å². The summed E-state index contributed by atoms with van der Waals surface area (Å²) < 4.78 is 16.2. The van der Waals surface area contributed by atoms with Gasteiger partial charge in [0.15, 0.2) is 11.5 Å². The fraction of sp³-hybridized carbons (Fsp3) is 0.167. The molecule has 0 spiro atoms. The van der Waals surface area contributed by atoms with E-state index >= 15 is 0 Å². The minimum Gasteiger partial charge on any atom is -0.497 e. The van der Waals surface area contributed by atoms with Gasteiger partial charge >= 0.3 is 0 Å². The number of aromatic nitrogens is 1. The molecule has 0 unspecified atom stereocenters. The molecule has 2 N–H and O–H groups in total. The zero-order valence-corrected chi connectivity index (χ0v) is 13.1. The van der Waals surface area contributed by atoms with E-state index < -0.39 is 0 Å². The second-order valence-corrected chi connectivity index (χ2v) is 5.45. The highest BCUT2D eigenvalue weighted by Crippen LogP contribution is 2.32. The third-order valence-corrected chi connectivity index (χ3v) is 3.87. The van der Waals surface area contributed by atoms with E-state index in [2.05, 4.69) is 10.3 Å². The minimum atomic E-state index is -0.221. The Labute approximate surface area is 138 Å². The van der Waals surface area contributed by atoms with Gasteiger partial charge in [-0.3, -0.25) is 4.79 Å². The Bertz CT molecular complexity index is 917. The molecule has 0 fully saturated rings. The molecule has 0 saturated heterocycles. The van der Waals surface area contributed by atoms with Crippen molar-refractivity contribution in [2.45, 2.75) is 0 Å². The lowest BCUT2D eigenvalue weighted by Crippen LogP contribution is -2.16. The number of hydrogen-bond donors (Lipinski definition) is 2. The van der Waals surface area contributed by atoms with E-state index in [1.807, 2.05) is 18.2 Å². The summed E-state index contributed by atoms with van der Waals surface area (Å²) in [7, 11) is 1.61. The van der Waals surface area contributed by atoms with Crippen LogP contribution in [0.1, 0.15) is 10.5 Å². The van der Waals surface area contributed by atoms with E-state index in [-0.39, 0.29) is 5.91 Å². The first-order valence-corrected chi connectivity index (χ1v) is 7.61. The van der Waals surface area contributed by atoms with Gasteiger partial charge in [-0.05, 0) is 36.4 Å². The molecule has 6 heteroatoms. The van der Waals surface area contributed by atoms with Gasteiger partial charge in [-0.2, -0.15) is 0 Å². The smallest absolute Gasteiger partial charge is 0.272 e. The fourth-order valence-electron chi connectivity index (χ4n) is 2.68. The number of benzene rings is 2. The van der Waals surface area contributed by atoms with Crippen LogP contribution in [0.2, 0.25) is 0 Å². The molecule has 0 aliphatic carbocycles. The van der Waals surface area contributed by atoms with Gasteiger partial charge in [0, 0.05) is 22.7 Å². The zero-order valence-electron chi connectivity index (χ0n) is 13.1. The molecular formula is C18H16N2O4. The van der Waals surface area contributed by atoms with Crippen molar-refractivity contribution in [2.75, 3.05) is 25.6 Å². The highest BCUT2D eigenvalue weighted by molar-refractivity contribution is 6.06. The van der Waals surface area contributed by atoms with Crippen LogP contribution in [-0.2, 0) is 0 Å². The van der Waals surface area contributed by atoms with Gasteiger partial charge in [-0.1, -0.05) is 0 Å². The first-order chi connectivity index (χ1) is 11.7. The Morgan fingerprint density at radius 1 is 1.08 bits per heavy atom. The summed E-state index contributed by atoms with van der Waals surface area (Å²) >= 11 is 0. The highest BCUT2D eigenvalue weighted by atomic mass is 16.6. The predicted molar refractivity (Wildman–Crippen MR) is 90.2 cm³/mol. The third kappa shape index (κ3) is 2.62. The van der Waals surface area contributed by atoms with Gasteiger partial charge in [0.1, 0.15) is 24.7 Å². The van der Waals surface area contributed by atoms with Gasteiger partial charge in [0.25, 0.3) is 5.91 Å². The van der Waals surface area contributed by atoms with Crippen LogP contribution in [-0.4, -0.2) is 31.2 Å². The van der Waals surface area contributed by atoms with E-state index in [0.29, 0.717) is 36.1 Å². The van der Waals surface area contributed by atoms with Gasteiger partial charge < -0.3 is 24.5 Å². The van der Waals surface area contributed by atoms with Crippen molar-refractivity contribution in [3.8, 4) is 17.2 Å². The van der Waals surface area contributed by atoms with Crippen molar-refractivity contribution in [2.24, 2.45) is 0 Å². The maximum absolute atomic E-state index is 12.5. The molecule has 0 bridgehead atoms. The normalized spacial score (nSPS) is 12.9. The predicted octanol–water partition coefficient (Wildman–Crippen LogP) is 3.20. The van der Waals surface area contributed by atoms with Crippen molar-refractivity contribution in [1.29, 1.82) is 0 Å². The molecular weight excluding hydrogens is 308 g/mol. The number of amides is 1. The maximum atomic E-state index is 12.5. The molecule has 3 aromatic rings. The number of ether oxygens (including phenoxy) is 3. The van der Waals surface area contributed by atoms with Gasteiger partial charge in [0.05, 0.1) is 7.11 Å². The fourth-order valence-corrected chi connectivity index (χ4v) is 2.68. The van der Waals surface area contributed by atoms with E-state index in [9.17, 15) is 4.79 Å². The lowest BCUT2D eigenvalue weighted by Gasteiger charge is -2.18. The number of methoxy groups -OCH3 is 1. The summed E-state index contributed by atoms with van der Waals surface area (Å²) in [6.45, 7) is 1.05. The van der Waals surface area contributed by atoms with Crippen LogP contribution in [0.5, 0.6) is 17.2 Å². The van der Waals surface area contributed by atoms with Crippen LogP contribution in [0.4, 0.5) is 5.69 Å². The van der Waals surface area contributed by atoms with E-state index in [0.717, 1.165) is 16.7 Å². The van der Waals surface area contributed by atoms with E-state index in [1.54, 1.807) is 31.4 Å². The Kier molecular flexibility index (Phi) is 3.49. The number of fused-ring (bicyclic) bond motifs is 2. The number of carbonyl (C=O) groups is 1. The van der Waals surface area contributed by atoms with Gasteiger partial charge in [0.2, 0.25) is 0 Å². The van der Waals surface area contributed by atoms with Crippen molar-refractivity contribution in [3.63, 3.8) is 0 Å². The first-order valence-electron chi connectivity index (χ1n) is 7.61. The molecule has 2 heterocycles. The number of carbonyl (C=O) groups excluding carboxylic acids is 1. The zero-order chi connectivity index (χ0) is 16.5. The van der Waals surface area contributed by atoms with Crippen LogP contribution in [0.25, 0.3) is 10.9 Å². The number of anilines is 1. The Morgan fingerprint density at radius 2 is 1.92 bits per heavy atom. The quantitative estimate of drug-likeness (QED) is 0.776. The average Bonchev–Trinajstić information content (AvgIpc) is 3.05. The topological polar surface area (TPSA) is 72.6 Å². The molecule has 6 nitrogen and oxygen atoms in total. The summed E-state index contributed by atoms with van der Waals surface area (Å²) in [4.78, 5) is 15.6. The molecule has 0 radical (unpaired) electrons. The molecule has 24 heavy (non-hydrogen) atoms. The van der Waals surface area contributed by atoms with E-state index in [1.165, 1.54) is 0 Å². The molecule has 0 saturated carbocycles. The summed E-state index contributed by atoms with van der Waals surface area (Å²) in [6, 6.07) is 12.8. The summed E-state index contributed by atoms with van der Waals surface area (Å²) in [6.07, 6.45) is 0. The van der Waals surface area contributed by atoms with Gasteiger partial charge in [-0.25, -0.2) is 0 Å². The SMILES string of the molecule is COc1ccc2[nH]c(C(=O)Nc3ccc4c(c3)OCCO4)cc2c1. The number of rotatable bonds is 3. The summed E-state index contributed by atoms with van der Waals surface area (Å²) in [5, 5.41) is 3.78. The minimum absolute atomic E-state index is 0.221. The van der Waals surface area contributed by atoms with Crippen molar-refractivity contribution in [1.82, 2.24) is 4.98 Å². The Balaban J connectivity index is 1.57. The number of H-pyrrole nitrogens is 1. The van der Waals surface area contributed by atoms with Crippen LogP contribution in [0.3, 0.4) is 0 Å². The number of nitrogens with one attached hydrogen (secondary N) is 2. The average molecular weight is 324 g/mol. The molecule has 2 aromatic carbocycles. The molecule has 4 rings (SSSR count). The summed E-state index contributed by atoms with van der Waals surface area (Å²) in [5.74, 6) is 1.86. The van der Waals surface area contributed by atoms with E-state index in [4.69, 9.17) is 14.2 Å². The first kappa shape index (κ1) is 14.4. The van der Waals surface area contributed by atoms with Crippen LogP contribution in [0.15, 0.2) is 42.5 Å². The Hall–Kier alpha value is -3.15. The molecule has 1 aliphatic rings. The third-order valence-electron chi connectivity index (χ3n) is 3.87. The van der Waals surface area contributed by atoms with Crippen molar-refractivity contribution < 1.29 is 19.0 Å². The number of aromatic amines is 1. The molecule has 1 amide bonds. The largest absolute Gasteiger partial charge is 0.497 e. The lowest BCUT2D eigenvalue weighted by molar-refractivity contribution is 0.102. The van der Waals surface area contributed by atoms with Gasteiger partial charge in [-0.15, -0.1) is 0 Å². The maximum Gasteiger partial charge on any atom is 0.272 e. The molecule has 1 aliphatic heterocycles. The lowest BCUT2D eigenvalue weighted by atomic mass is 10.2. The van der Waals surface area contributed by atoms with Crippen LogP contribution in [0, 0.1) is 0 Å². The second kappa shape index (κ2) is 5.81. The standard InChI is InChI=1S/C18H16N2O4/c1-22-13-3-4-14-11(8-13)9-15(20-14)18(21)19-12-2-5-16-17(10-12)24-7-6-23-16/h2-5,8-10,20H,6-7H2,1H3,(H,19,21). The highest BCUT2D eigenvalue weighted by Gasteiger charge is 2.14. The number of hydrogen-bond acceptors (Lipinski definition) is 4. The molecule has 0 atom stereocenters.